The molecule has 0 bridgehead atoms. The van der Waals surface area contributed by atoms with Crippen LogP contribution < -0.4 is 4.74 Å². The summed E-state index contributed by atoms with van der Waals surface area (Å²) in [6.45, 7) is 0.564. The Morgan fingerprint density at radius 3 is 3.25 bits per heavy atom. The van der Waals surface area contributed by atoms with Gasteiger partial charge in [-0.2, -0.15) is 0 Å². The molecule has 3 heterocycles. The van der Waals surface area contributed by atoms with E-state index in [-0.39, 0.29) is 5.60 Å². The SMILES string of the molecule is C1=COC2(C1)COc1ccoc12. The molecule has 1 spiro atoms. The Kier molecular flexibility index (Phi) is 0.955. The first kappa shape index (κ1) is 6.17. The van der Waals surface area contributed by atoms with Crippen molar-refractivity contribution in [2.45, 2.75) is 12.0 Å². The van der Waals surface area contributed by atoms with E-state index in [0.717, 1.165) is 17.9 Å². The number of furan rings is 1. The molecule has 0 radical (unpaired) electrons. The first-order valence-electron chi connectivity index (χ1n) is 3.94. The van der Waals surface area contributed by atoms with Crippen LogP contribution in [0.5, 0.6) is 5.75 Å². The molecule has 62 valence electrons. The summed E-state index contributed by atoms with van der Waals surface area (Å²) in [5, 5.41) is 0. The maximum atomic E-state index is 5.49. The standard InChI is InChI=1S/C9H8O3/c1-3-9(12-4-1)6-11-7-2-5-10-8(7)9/h1-2,4-5H,3,6H2. The van der Waals surface area contributed by atoms with Crippen molar-refractivity contribution < 1.29 is 13.9 Å². The van der Waals surface area contributed by atoms with Crippen LogP contribution in [0.25, 0.3) is 0 Å². The van der Waals surface area contributed by atoms with Gasteiger partial charge in [-0.05, 0) is 6.08 Å². The summed E-state index contributed by atoms with van der Waals surface area (Å²) in [6.07, 6.45) is 6.17. The van der Waals surface area contributed by atoms with Gasteiger partial charge in [0.05, 0.1) is 12.5 Å². The van der Waals surface area contributed by atoms with Gasteiger partial charge < -0.3 is 13.9 Å². The molecule has 0 amide bonds. The van der Waals surface area contributed by atoms with Gasteiger partial charge in [-0.25, -0.2) is 0 Å². The Bertz CT molecular complexity index is 329. The Hall–Kier alpha value is -1.38. The van der Waals surface area contributed by atoms with Gasteiger partial charge in [-0.3, -0.25) is 0 Å². The summed E-state index contributed by atoms with van der Waals surface area (Å²) in [6, 6.07) is 1.83. The lowest BCUT2D eigenvalue weighted by molar-refractivity contribution is 0.00587. The first-order chi connectivity index (χ1) is 5.91. The molecule has 1 aromatic heterocycles. The molecule has 0 N–H and O–H groups in total. The Morgan fingerprint density at radius 1 is 1.42 bits per heavy atom. The maximum Gasteiger partial charge on any atom is 0.206 e. The van der Waals surface area contributed by atoms with Crippen molar-refractivity contribution in [3.05, 3.63) is 30.4 Å². The van der Waals surface area contributed by atoms with Crippen molar-refractivity contribution in [3.63, 3.8) is 0 Å². The fraction of sp³-hybridized carbons (Fsp3) is 0.333. The zero-order valence-corrected chi connectivity index (χ0v) is 6.45. The van der Waals surface area contributed by atoms with Crippen LogP contribution in [-0.2, 0) is 10.3 Å². The molecule has 0 fully saturated rings. The minimum Gasteiger partial charge on any atom is -0.485 e. The molecule has 1 aromatic rings. The molecule has 0 saturated carbocycles. The van der Waals surface area contributed by atoms with Crippen molar-refractivity contribution in [2.75, 3.05) is 6.61 Å². The lowest BCUT2D eigenvalue weighted by Crippen LogP contribution is -2.26. The molecule has 1 unspecified atom stereocenters. The number of fused-ring (bicyclic) bond motifs is 2. The van der Waals surface area contributed by atoms with Crippen LogP contribution >= 0.6 is 0 Å². The molecule has 2 aliphatic heterocycles. The van der Waals surface area contributed by atoms with Crippen LogP contribution in [0.4, 0.5) is 0 Å². The number of ether oxygens (including phenoxy) is 2. The van der Waals surface area contributed by atoms with Crippen LogP contribution in [0.1, 0.15) is 12.2 Å². The van der Waals surface area contributed by atoms with E-state index in [2.05, 4.69) is 0 Å². The molecule has 0 aliphatic carbocycles. The summed E-state index contributed by atoms with van der Waals surface area (Å²) in [4.78, 5) is 0. The van der Waals surface area contributed by atoms with Gasteiger partial charge in [0.15, 0.2) is 11.5 Å². The third-order valence-electron chi connectivity index (χ3n) is 2.34. The smallest absolute Gasteiger partial charge is 0.206 e. The summed E-state index contributed by atoms with van der Waals surface area (Å²) in [5.41, 5.74) is -0.348. The number of rotatable bonds is 0. The lowest BCUT2D eigenvalue weighted by atomic mass is 10.0. The highest BCUT2D eigenvalue weighted by atomic mass is 16.6. The zero-order valence-electron chi connectivity index (χ0n) is 6.45. The molecule has 3 nitrogen and oxygen atoms in total. The number of hydrogen-bond donors (Lipinski definition) is 0. The van der Waals surface area contributed by atoms with Gasteiger partial charge >= 0.3 is 0 Å². The quantitative estimate of drug-likeness (QED) is 0.586. The van der Waals surface area contributed by atoms with E-state index in [4.69, 9.17) is 13.9 Å². The third-order valence-corrected chi connectivity index (χ3v) is 2.34. The fourth-order valence-electron chi connectivity index (χ4n) is 1.71. The van der Waals surface area contributed by atoms with Crippen molar-refractivity contribution in [1.82, 2.24) is 0 Å². The zero-order chi connectivity index (χ0) is 8.02. The maximum absolute atomic E-state index is 5.49. The molecule has 2 aliphatic rings. The van der Waals surface area contributed by atoms with E-state index >= 15 is 0 Å². The first-order valence-corrected chi connectivity index (χ1v) is 3.94. The van der Waals surface area contributed by atoms with E-state index < -0.39 is 0 Å². The van der Waals surface area contributed by atoms with Crippen molar-refractivity contribution >= 4 is 0 Å². The molecular weight excluding hydrogens is 156 g/mol. The van der Waals surface area contributed by atoms with E-state index in [9.17, 15) is 0 Å². The van der Waals surface area contributed by atoms with Gasteiger partial charge in [0.1, 0.15) is 6.61 Å². The molecule has 3 heteroatoms. The van der Waals surface area contributed by atoms with Gasteiger partial charge in [0, 0.05) is 12.5 Å². The van der Waals surface area contributed by atoms with Crippen molar-refractivity contribution in [3.8, 4) is 5.75 Å². The molecule has 0 aromatic carbocycles. The highest BCUT2D eigenvalue weighted by molar-refractivity contribution is 5.36. The molecule has 3 rings (SSSR count). The van der Waals surface area contributed by atoms with E-state index in [1.54, 1.807) is 12.5 Å². The minimum atomic E-state index is -0.348. The summed E-state index contributed by atoms with van der Waals surface area (Å²) in [7, 11) is 0. The van der Waals surface area contributed by atoms with Gasteiger partial charge in [0.25, 0.3) is 0 Å². The summed E-state index contributed by atoms with van der Waals surface area (Å²) < 4.78 is 16.2. The highest BCUT2D eigenvalue weighted by Gasteiger charge is 2.46. The topological polar surface area (TPSA) is 31.6 Å². The van der Waals surface area contributed by atoms with Crippen molar-refractivity contribution in [1.29, 1.82) is 0 Å². The fourth-order valence-corrected chi connectivity index (χ4v) is 1.71. The van der Waals surface area contributed by atoms with E-state index in [0.29, 0.717) is 6.61 Å². The second-order valence-electron chi connectivity index (χ2n) is 3.09. The normalized spacial score (nSPS) is 30.3. The second-order valence-corrected chi connectivity index (χ2v) is 3.09. The minimum absolute atomic E-state index is 0.348. The van der Waals surface area contributed by atoms with Crippen LogP contribution in [0.15, 0.2) is 29.1 Å². The third kappa shape index (κ3) is 0.570. The van der Waals surface area contributed by atoms with E-state index in [1.165, 1.54) is 0 Å². The predicted octanol–water partition coefficient (Wildman–Crippen LogP) is 1.80. The summed E-state index contributed by atoms with van der Waals surface area (Å²) in [5.74, 6) is 1.64. The highest BCUT2D eigenvalue weighted by Crippen LogP contribution is 2.45. The second kappa shape index (κ2) is 1.86. The van der Waals surface area contributed by atoms with Crippen LogP contribution in [0.3, 0.4) is 0 Å². The lowest BCUT2D eigenvalue weighted by Gasteiger charge is -2.18. The number of hydrogen-bond acceptors (Lipinski definition) is 3. The monoisotopic (exact) mass is 164 g/mol. The molecular formula is C9H8O3. The Labute approximate surface area is 69.6 Å². The van der Waals surface area contributed by atoms with Crippen LogP contribution in [0, 0.1) is 0 Å². The van der Waals surface area contributed by atoms with Gasteiger partial charge in [0.2, 0.25) is 5.60 Å². The van der Waals surface area contributed by atoms with Crippen LogP contribution in [-0.4, -0.2) is 6.61 Å². The molecule has 0 saturated heterocycles. The Morgan fingerprint density at radius 2 is 2.42 bits per heavy atom. The van der Waals surface area contributed by atoms with Gasteiger partial charge in [-0.15, -0.1) is 0 Å². The largest absolute Gasteiger partial charge is 0.485 e. The average molecular weight is 164 g/mol. The van der Waals surface area contributed by atoms with Crippen LogP contribution in [0.2, 0.25) is 0 Å². The predicted molar refractivity (Wildman–Crippen MR) is 40.7 cm³/mol. The average Bonchev–Trinajstić information content (AvgIpc) is 2.76. The van der Waals surface area contributed by atoms with Gasteiger partial charge in [-0.1, -0.05) is 0 Å². The molecule has 1 atom stereocenters. The van der Waals surface area contributed by atoms with Crippen molar-refractivity contribution in [2.24, 2.45) is 0 Å². The Balaban J connectivity index is 2.11. The molecule has 12 heavy (non-hydrogen) atoms. The van der Waals surface area contributed by atoms with E-state index in [1.807, 2.05) is 12.1 Å². The summed E-state index contributed by atoms with van der Waals surface area (Å²) >= 11 is 0.